The molecule has 0 saturated carbocycles. The second-order valence-corrected chi connectivity index (χ2v) is 3.63. The Morgan fingerprint density at radius 1 is 1.17 bits per heavy atom. The van der Waals surface area contributed by atoms with Crippen LogP contribution < -0.4 is 9.55 Å². The van der Waals surface area contributed by atoms with Crippen LogP contribution in [0.5, 0.6) is 0 Å². The van der Waals surface area contributed by atoms with E-state index in [4.69, 9.17) is 31.7 Å². The van der Waals surface area contributed by atoms with Crippen LogP contribution in [0, 0.1) is 0 Å². The summed E-state index contributed by atoms with van der Waals surface area (Å²) in [4.78, 5) is 0. The maximum absolute atomic E-state index is 8.72. The summed E-state index contributed by atoms with van der Waals surface area (Å²) in [6.45, 7) is 0. The fourth-order valence-corrected chi connectivity index (χ4v) is 1.90. The van der Waals surface area contributed by atoms with E-state index < -0.39 is 14.2 Å². The Hall–Kier alpha value is -0.0401. The highest BCUT2D eigenvalue weighted by Gasteiger charge is 2.23. The maximum Gasteiger partial charge on any atom is 0.500 e. The lowest BCUT2D eigenvalue weighted by Gasteiger charge is -1.92. The van der Waals surface area contributed by atoms with Gasteiger partial charge in [0.25, 0.3) is 0 Å². The van der Waals surface area contributed by atoms with E-state index in [2.05, 4.69) is 0 Å². The SMILES string of the molecule is OB(O)c1cc(Cl)c(B(O)O)s1. The van der Waals surface area contributed by atoms with Crippen LogP contribution in [0.25, 0.3) is 0 Å². The molecule has 0 radical (unpaired) electrons. The quantitative estimate of drug-likeness (QED) is 0.412. The van der Waals surface area contributed by atoms with Crippen molar-refractivity contribution in [1.82, 2.24) is 0 Å². The van der Waals surface area contributed by atoms with Crippen molar-refractivity contribution in [1.29, 1.82) is 0 Å². The highest BCUT2D eigenvalue weighted by Crippen LogP contribution is 2.08. The van der Waals surface area contributed by atoms with Gasteiger partial charge in [0, 0.05) is 4.78 Å². The van der Waals surface area contributed by atoms with Crippen molar-refractivity contribution >= 4 is 46.7 Å². The van der Waals surface area contributed by atoms with Gasteiger partial charge in [0.1, 0.15) is 0 Å². The van der Waals surface area contributed by atoms with Crippen LogP contribution in [0.3, 0.4) is 0 Å². The summed E-state index contributed by atoms with van der Waals surface area (Å²) in [5.41, 5.74) is 0. The van der Waals surface area contributed by atoms with Crippen molar-refractivity contribution in [2.75, 3.05) is 0 Å². The van der Waals surface area contributed by atoms with Crippen molar-refractivity contribution in [2.24, 2.45) is 0 Å². The molecule has 4 N–H and O–H groups in total. The van der Waals surface area contributed by atoms with Crippen LogP contribution in [0.2, 0.25) is 5.02 Å². The molecule has 0 aliphatic carbocycles. The average Bonchev–Trinajstić information content (AvgIpc) is 2.30. The first kappa shape index (κ1) is 10.0. The molecule has 0 bridgehead atoms. The fourth-order valence-electron chi connectivity index (χ4n) is 0.704. The number of rotatable bonds is 2. The van der Waals surface area contributed by atoms with Crippen molar-refractivity contribution < 1.29 is 20.1 Å². The molecule has 8 heteroatoms. The van der Waals surface area contributed by atoms with Crippen molar-refractivity contribution in [3.63, 3.8) is 0 Å². The topological polar surface area (TPSA) is 80.9 Å². The van der Waals surface area contributed by atoms with Gasteiger partial charge in [0.2, 0.25) is 0 Å². The first-order chi connectivity index (χ1) is 5.52. The van der Waals surface area contributed by atoms with Gasteiger partial charge < -0.3 is 20.1 Å². The minimum atomic E-state index is -1.67. The van der Waals surface area contributed by atoms with Crippen LogP contribution >= 0.6 is 22.9 Å². The molecule has 0 amide bonds. The Labute approximate surface area is 78.3 Å². The molecule has 64 valence electrons. The van der Waals surface area contributed by atoms with Gasteiger partial charge in [-0.15, -0.1) is 0 Å². The molecule has 0 aromatic carbocycles. The lowest BCUT2D eigenvalue weighted by Crippen LogP contribution is -2.30. The fraction of sp³-hybridized carbons (Fsp3) is 0. The first-order valence-electron chi connectivity index (χ1n) is 3.03. The smallest absolute Gasteiger partial charge is 0.423 e. The van der Waals surface area contributed by atoms with Gasteiger partial charge in [-0.1, -0.05) is 11.6 Å². The van der Waals surface area contributed by atoms with E-state index in [1.807, 2.05) is 0 Å². The van der Waals surface area contributed by atoms with Crippen molar-refractivity contribution in [3.05, 3.63) is 11.1 Å². The van der Waals surface area contributed by atoms with Gasteiger partial charge in [-0.3, -0.25) is 0 Å². The number of hydrogen-bond donors (Lipinski definition) is 4. The molecule has 0 saturated heterocycles. The van der Waals surface area contributed by atoms with E-state index in [1.54, 1.807) is 0 Å². The summed E-state index contributed by atoms with van der Waals surface area (Å²) < 4.78 is 0.294. The Morgan fingerprint density at radius 3 is 2.00 bits per heavy atom. The Morgan fingerprint density at radius 2 is 1.75 bits per heavy atom. The normalized spacial score (nSPS) is 10.1. The summed E-state index contributed by atoms with van der Waals surface area (Å²) in [5.74, 6) is 0. The van der Waals surface area contributed by atoms with Crippen LogP contribution in [-0.2, 0) is 0 Å². The molecule has 0 aliphatic heterocycles. The van der Waals surface area contributed by atoms with Crippen LogP contribution in [-0.4, -0.2) is 34.3 Å². The summed E-state index contributed by atoms with van der Waals surface area (Å²) in [5, 5.41) is 34.9. The molecule has 1 aromatic rings. The van der Waals surface area contributed by atoms with E-state index >= 15 is 0 Å². The zero-order chi connectivity index (χ0) is 9.30. The molecule has 0 spiro atoms. The minimum absolute atomic E-state index is 0.111. The summed E-state index contributed by atoms with van der Waals surface area (Å²) in [6.07, 6.45) is 0. The monoisotopic (exact) mass is 206 g/mol. The summed E-state index contributed by atoms with van der Waals surface area (Å²) >= 11 is 6.40. The lowest BCUT2D eigenvalue weighted by atomic mass is 9.87. The molecule has 12 heavy (non-hydrogen) atoms. The zero-order valence-corrected chi connectivity index (χ0v) is 7.38. The molecule has 0 unspecified atom stereocenters. The first-order valence-corrected chi connectivity index (χ1v) is 4.23. The van der Waals surface area contributed by atoms with Crippen LogP contribution in [0.1, 0.15) is 0 Å². The highest BCUT2D eigenvalue weighted by molar-refractivity contribution is 7.30. The minimum Gasteiger partial charge on any atom is -0.423 e. The Balaban J connectivity index is 3.00. The van der Waals surface area contributed by atoms with Crippen molar-refractivity contribution in [3.8, 4) is 0 Å². The number of thiophene rings is 1. The Bertz CT molecular complexity index is 276. The van der Waals surface area contributed by atoms with Gasteiger partial charge >= 0.3 is 14.2 Å². The molecule has 4 nitrogen and oxygen atoms in total. The maximum atomic E-state index is 8.72. The predicted molar refractivity (Wildman–Crippen MR) is 49.0 cm³/mol. The average molecular weight is 206 g/mol. The van der Waals surface area contributed by atoms with Gasteiger partial charge in [0.05, 0.1) is 9.80 Å². The molecule has 0 fully saturated rings. The predicted octanol–water partition coefficient (Wildman–Crippen LogP) is -2.24. The molecular weight excluding hydrogens is 201 g/mol. The second-order valence-electron chi connectivity index (χ2n) is 2.11. The van der Waals surface area contributed by atoms with Gasteiger partial charge in [0.15, 0.2) is 0 Å². The summed E-state index contributed by atoms with van der Waals surface area (Å²) in [6, 6.07) is 1.28. The van der Waals surface area contributed by atoms with Crippen LogP contribution in [0.15, 0.2) is 6.07 Å². The largest absolute Gasteiger partial charge is 0.500 e. The number of halogens is 1. The standard InChI is InChI=1S/C4H5B2ClO4S/c7-2-1-3(5(8)9)12-4(2)6(10)11/h1,8-11H. The third-order valence-corrected chi connectivity index (χ3v) is 2.86. The van der Waals surface area contributed by atoms with Crippen molar-refractivity contribution in [2.45, 2.75) is 0 Å². The van der Waals surface area contributed by atoms with Gasteiger partial charge in [-0.05, 0) is 6.07 Å². The lowest BCUT2D eigenvalue weighted by molar-refractivity contribution is 0.426. The Kier molecular flexibility index (Phi) is 3.16. The van der Waals surface area contributed by atoms with Gasteiger partial charge in [-0.25, -0.2) is 0 Å². The second kappa shape index (κ2) is 3.78. The van der Waals surface area contributed by atoms with E-state index in [0.717, 1.165) is 11.3 Å². The third kappa shape index (κ3) is 2.01. The van der Waals surface area contributed by atoms with E-state index in [-0.39, 0.29) is 14.6 Å². The van der Waals surface area contributed by atoms with E-state index in [9.17, 15) is 0 Å². The third-order valence-electron chi connectivity index (χ3n) is 1.22. The molecular formula is C4H5B2ClO4S. The summed E-state index contributed by atoms with van der Waals surface area (Å²) in [7, 11) is -3.30. The molecule has 1 rings (SSSR count). The van der Waals surface area contributed by atoms with E-state index in [1.165, 1.54) is 6.07 Å². The molecule has 0 atom stereocenters. The van der Waals surface area contributed by atoms with Crippen LogP contribution in [0.4, 0.5) is 0 Å². The molecule has 1 heterocycles. The van der Waals surface area contributed by atoms with Gasteiger partial charge in [-0.2, -0.15) is 11.3 Å². The highest BCUT2D eigenvalue weighted by atomic mass is 35.5. The van der Waals surface area contributed by atoms with E-state index in [0.29, 0.717) is 0 Å². The molecule has 1 aromatic heterocycles. The molecule has 0 aliphatic rings. The zero-order valence-electron chi connectivity index (χ0n) is 5.81. The number of hydrogen-bond acceptors (Lipinski definition) is 5.